The zero-order valence-electron chi connectivity index (χ0n) is 29.2. The molecule has 0 amide bonds. The monoisotopic (exact) mass is 655 g/mol. The highest BCUT2D eigenvalue weighted by Gasteiger charge is 2.36. The first kappa shape index (κ1) is 30.4. The van der Waals surface area contributed by atoms with Gasteiger partial charge in [-0.05, 0) is 137 Å². The third-order valence-electron chi connectivity index (χ3n) is 11.6. The summed E-state index contributed by atoms with van der Waals surface area (Å²) in [6.45, 7) is 7.45. The number of fused-ring (bicyclic) bond motifs is 8. The maximum Gasteiger partial charge on any atom is 0.331 e. The molecule has 0 fully saturated rings. The SMILES string of the molecule is CC(C)(O)C(C)(C)O[B]c1ccc2c3c(-c4ccccc4)c4cc5c6ccccc6c6cccc(c4c(-c4ccccc4)c3c3cccc1c23)c65. The van der Waals surface area contributed by atoms with Crippen molar-refractivity contribution in [3.63, 3.8) is 0 Å². The summed E-state index contributed by atoms with van der Waals surface area (Å²) in [7, 11) is 1.83. The van der Waals surface area contributed by atoms with Gasteiger partial charge >= 0.3 is 7.48 Å². The van der Waals surface area contributed by atoms with Crippen LogP contribution in [0.15, 0.2) is 140 Å². The van der Waals surface area contributed by atoms with Crippen LogP contribution in [0.3, 0.4) is 0 Å². The van der Waals surface area contributed by atoms with Gasteiger partial charge in [0.15, 0.2) is 0 Å². The quantitative estimate of drug-likeness (QED) is 0.143. The highest BCUT2D eigenvalue weighted by Crippen LogP contribution is 2.54. The first-order valence-corrected chi connectivity index (χ1v) is 17.8. The van der Waals surface area contributed by atoms with Crippen molar-refractivity contribution in [2.24, 2.45) is 0 Å². The van der Waals surface area contributed by atoms with Gasteiger partial charge in [-0.1, -0.05) is 133 Å². The van der Waals surface area contributed by atoms with Gasteiger partial charge in [-0.2, -0.15) is 0 Å². The van der Waals surface area contributed by atoms with Gasteiger partial charge in [0.05, 0.1) is 11.2 Å². The number of benzene rings is 8. The van der Waals surface area contributed by atoms with E-state index in [4.69, 9.17) is 4.65 Å². The van der Waals surface area contributed by atoms with E-state index >= 15 is 0 Å². The Morgan fingerprint density at radius 2 is 0.902 bits per heavy atom. The van der Waals surface area contributed by atoms with Crippen LogP contribution in [-0.4, -0.2) is 23.8 Å². The fourth-order valence-electron chi connectivity index (χ4n) is 8.49. The second-order valence-corrected chi connectivity index (χ2v) is 15.1. The van der Waals surface area contributed by atoms with Crippen molar-refractivity contribution in [2.45, 2.75) is 38.9 Å². The van der Waals surface area contributed by atoms with E-state index in [2.05, 4.69) is 140 Å². The van der Waals surface area contributed by atoms with E-state index < -0.39 is 11.2 Å². The molecular weight excluding hydrogens is 619 g/mol. The van der Waals surface area contributed by atoms with Crippen molar-refractivity contribution in [2.75, 3.05) is 0 Å². The zero-order chi connectivity index (χ0) is 34.6. The van der Waals surface area contributed by atoms with E-state index in [1.165, 1.54) is 92.3 Å². The fraction of sp³-hybridized carbons (Fsp3) is 0.125. The van der Waals surface area contributed by atoms with Crippen LogP contribution in [0, 0.1) is 0 Å². The minimum atomic E-state index is -1.02. The van der Waals surface area contributed by atoms with Crippen LogP contribution >= 0.6 is 0 Å². The summed E-state index contributed by atoms with van der Waals surface area (Å²) in [5.74, 6) is 0. The average Bonchev–Trinajstić information content (AvgIpc) is 3.65. The summed E-state index contributed by atoms with van der Waals surface area (Å²) in [4.78, 5) is 0. The largest absolute Gasteiger partial charge is 0.427 e. The maximum atomic E-state index is 10.8. The minimum Gasteiger partial charge on any atom is -0.427 e. The smallest absolute Gasteiger partial charge is 0.331 e. The second-order valence-electron chi connectivity index (χ2n) is 15.1. The van der Waals surface area contributed by atoms with Gasteiger partial charge < -0.3 is 9.76 Å². The van der Waals surface area contributed by atoms with Crippen LogP contribution in [0.25, 0.3) is 97.7 Å². The predicted molar refractivity (Wildman–Crippen MR) is 219 cm³/mol. The van der Waals surface area contributed by atoms with Crippen LogP contribution in [0.4, 0.5) is 0 Å². The summed E-state index contributed by atoms with van der Waals surface area (Å²) >= 11 is 0. The molecule has 0 spiro atoms. The van der Waals surface area contributed by atoms with Gasteiger partial charge in [0.2, 0.25) is 0 Å². The highest BCUT2D eigenvalue weighted by atomic mass is 16.5. The van der Waals surface area contributed by atoms with Crippen LogP contribution in [0.1, 0.15) is 27.7 Å². The minimum absolute atomic E-state index is 0.779. The molecule has 0 aliphatic heterocycles. The van der Waals surface area contributed by atoms with Gasteiger partial charge in [-0.3, -0.25) is 0 Å². The van der Waals surface area contributed by atoms with Crippen LogP contribution in [0.2, 0.25) is 0 Å². The summed E-state index contributed by atoms with van der Waals surface area (Å²) in [6, 6.07) is 51.3. The maximum absolute atomic E-state index is 10.8. The molecule has 3 heteroatoms. The topological polar surface area (TPSA) is 29.5 Å². The van der Waals surface area contributed by atoms with Crippen LogP contribution < -0.4 is 5.46 Å². The first-order valence-electron chi connectivity index (χ1n) is 17.8. The molecule has 0 saturated carbocycles. The van der Waals surface area contributed by atoms with Crippen molar-refractivity contribution in [1.82, 2.24) is 0 Å². The average molecular weight is 656 g/mol. The molecule has 0 unspecified atom stereocenters. The van der Waals surface area contributed by atoms with Gasteiger partial charge in [0.1, 0.15) is 0 Å². The second kappa shape index (κ2) is 10.8. The van der Waals surface area contributed by atoms with Gasteiger partial charge in [-0.25, -0.2) is 0 Å². The molecule has 0 heterocycles. The van der Waals surface area contributed by atoms with Crippen LogP contribution in [-0.2, 0) is 4.65 Å². The Morgan fingerprint density at radius 3 is 1.57 bits per heavy atom. The standard InChI is InChI=1S/C48H36BO2/c1-47(2,50)48(3,4)51-49-39-26-25-36-43-33(39)22-14-24-35(43)46-41(29-17-9-6-10-18-29)44-34-23-13-21-32-30-19-11-12-20-31(30)37(42(32)34)27-38(44)40(45(36)46)28-15-7-5-8-16-28/h5-27,50H,1-4H3. The van der Waals surface area contributed by atoms with E-state index in [0.717, 1.165) is 10.8 Å². The Labute approximate surface area is 297 Å². The van der Waals surface area contributed by atoms with E-state index in [9.17, 15) is 5.11 Å². The van der Waals surface area contributed by atoms with E-state index in [1.807, 2.05) is 21.3 Å². The molecule has 243 valence electrons. The predicted octanol–water partition coefficient (Wildman–Crippen LogP) is 11.8. The molecule has 51 heavy (non-hydrogen) atoms. The molecule has 10 aromatic carbocycles. The van der Waals surface area contributed by atoms with Crippen molar-refractivity contribution in [1.29, 1.82) is 0 Å². The molecule has 10 aromatic rings. The number of aliphatic hydroxyl groups is 1. The Morgan fingerprint density at radius 1 is 0.412 bits per heavy atom. The Balaban J connectivity index is 1.44. The van der Waals surface area contributed by atoms with E-state index in [-0.39, 0.29) is 0 Å². The highest BCUT2D eigenvalue weighted by molar-refractivity contribution is 6.54. The zero-order valence-corrected chi connectivity index (χ0v) is 29.2. The Bertz CT molecular complexity index is 2960. The first-order chi connectivity index (χ1) is 24.7. The lowest BCUT2D eigenvalue weighted by Gasteiger charge is -2.37. The summed E-state index contributed by atoms with van der Waals surface area (Å²) in [6.07, 6.45) is 0. The Kier molecular flexibility index (Phi) is 6.41. The summed E-state index contributed by atoms with van der Waals surface area (Å²) in [5.41, 5.74) is 4.15. The number of hydrogen-bond donors (Lipinski definition) is 1. The van der Waals surface area contributed by atoms with Crippen molar-refractivity contribution in [3.8, 4) is 22.3 Å². The molecule has 0 aliphatic rings. The lowest BCUT2D eigenvalue weighted by atomic mass is 9.80. The van der Waals surface area contributed by atoms with Crippen LogP contribution in [0.5, 0.6) is 0 Å². The molecule has 0 aromatic heterocycles. The molecule has 0 aliphatic carbocycles. The lowest BCUT2D eigenvalue weighted by molar-refractivity contribution is -0.0893. The van der Waals surface area contributed by atoms with Gasteiger partial charge in [-0.15, -0.1) is 0 Å². The number of rotatable bonds is 6. The third kappa shape index (κ3) is 4.26. The van der Waals surface area contributed by atoms with Gasteiger partial charge in [0, 0.05) is 0 Å². The third-order valence-corrected chi connectivity index (χ3v) is 11.6. The summed E-state index contributed by atoms with van der Waals surface area (Å²) in [5, 5.41) is 28.6. The van der Waals surface area contributed by atoms with Crippen molar-refractivity contribution >= 4 is 88.4 Å². The molecule has 2 nitrogen and oxygen atoms in total. The molecule has 0 saturated heterocycles. The lowest BCUT2D eigenvalue weighted by Crippen LogP contribution is -2.49. The molecule has 10 rings (SSSR count). The molecule has 1 N–H and O–H groups in total. The molecular formula is C48H36BO2. The normalized spacial score (nSPS) is 12.9. The Hall–Kier alpha value is -5.48. The number of hydrogen-bond acceptors (Lipinski definition) is 2. The molecule has 0 bridgehead atoms. The van der Waals surface area contributed by atoms with Crippen molar-refractivity contribution < 1.29 is 9.76 Å². The molecule has 0 atom stereocenters. The molecule has 1 radical (unpaired) electrons. The van der Waals surface area contributed by atoms with E-state index in [1.54, 1.807) is 13.8 Å². The summed E-state index contributed by atoms with van der Waals surface area (Å²) < 4.78 is 6.35. The van der Waals surface area contributed by atoms with Crippen molar-refractivity contribution in [3.05, 3.63) is 140 Å². The van der Waals surface area contributed by atoms with E-state index in [0.29, 0.717) is 0 Å². The fourth-order valence-corrected chi connectivity index (χ4v) is 8.49. The van der Waals surface area contributed by atoms with Gasteiger partial charge in [0.25, 0.3) is 0 Å².